The van der Waals surface area contributed by atoms with Gasteiger partial charge in [0, 0.05) is 13.2 Å². The Balaban J connectivity index is 2.61. The van der Waals surface area contributed by atoms with E-state index in [0.717, 1.165) is 17.7 Å². The fourth-order valence-electron chi connectivity index (χ4n) is 1.66. The zero-order valence-corrected chi connectivity index (χ0v) is 12.8. The quantitative estimate of drug-likeness (QED) is 0.481. The van der Waals surface area contributed by atoms with E-state index in [-0.39, 0.29) is 11.9 Å². The number of nitrogens with zero attached hydrogens (tertiary/aromatic N) is 1. The fraction of sp³-hybridized carbons (Fsp3) is 0.429. The second kappa shape index (κ2) is 8.60. The van der Waals surface area contributed by atoms with E-state index in [2.05, 4.69) is 15.8 Å². The molecule has 0 fully saturated rings. The zero-order valence-electron chi connectivity index (χ0n) is 11.9. The fourth-order valence-corrected chi connectivity index (χ4v) is 1.90. The van der Waals surface area contributed by atoms with Crippen LogP contribution in [-0.2, 0) is 4.74 Å². The maximum Gasteiger partial charge on any atom is 0.187 e. The topological polar surface area (TPSA) is 45.7 Å². The van der Waals surface area contributed by atoms with E-state index in [1.165, 1.54) is 12.1 Å². The van der Waals surface area contributed by atoms with Crippen LogP contribution in [0.2, 0.25) is 0 Å². The molecule has 0 aliphatic heterocycles. The average molecular weight is 297 g/mol. The predicted molar refractivity (Wildman–Crippen MR) is 83.4 cm³/mol. The summed E-state index contributed by atoms with van der Waals surface area (Å²) < 4.78 is 17.9. The molecule has 2 N–H and O–H groups in total. The monoisotopic (exact) mass is 297 g/mol. The standard InChI is InChI=1S/C14H20FN3OS/c1-4-13(11-5-7-12(15)8-6-11)17-18-14(20)16-10(2)9-19-3/h5-8,10H,4,9H2,1-3H3,(H2,16,18,20)/b17-13-/t10-/m1/s1. The van der Waals surface area contributed by atoms with Crippen molar-refractivity contribution >= 4 is 23.0 Å². The lowest BCUT2D eigenvalue weighted by Gasteiger charge is -2.14. The summed E-state index contributed by atoms with van der Waals surface area (Å²) in [5.74, 6) is -0.261. The molecule has 0 saturated carbocycles. The molecule has 1 aromatic rings. The van der Waals surface area contributed by atoms with Crippen molar-refractivity contribution in [2.24, 2.45) is 5.10 Å². The molecule has 6 heteroatoms. The molecule has 20 heavy (non-hydrogen) atoms. The maximum absolute atomic E-state index is 12.9. The van der Waals surface area contributed by atoms with Crippen molar-refractivity contribution < 1.29 is 9.13 Å². The maximum atomic E-state index is 12.9. The third kappa shape index (κ3) is 5.63. The van der Waals surface area contributed by atoms with Gasteiger partial charge in [-0.1, -0.05) is 19.1 Å². The Kier molecular flexibility index (Phi) is 7.11. The number of nitrogens with one attached hydrogen (secondary N) is 2. The van der Waals surface area contributed by atoms with Gasteiger partial charge in [0.2, 0.25) is 0 Å². The largest absolute Gasteiger partial charge is 0.383 e. The molecule has 1 rings (SSSR count). The van der Waals surface area contributed by atoms with Crippen LogP contribution >= 0.6 is 12.2 Å². The highest BCUT2D eigenvalue weighted by molar-refractivity contribution is 7.80. The first kappa shape index (κ1) is 16.5. The molecule has 0 saturated heterocycles. The van der Waals surface area contributed by atoms with Crippen molar-refractivity contribution in [1.82, 2.24) is 10.7 Å². The summed E-state index contributed by atoms with van der Waals surface area (Å²) in [5, 5.41) is 7.74. The molecular weight excluding hydrogens is 277 g/mol. The van der Waals surface area contributed by atoms with Crippen LogP contribution in [0.15, 0.2) is 29.4 Å². The molecule has 0 unspecified atom stereocenters. The van der Waals surface area contributed by atoms with Crippen LogP contribution in [0.1, 0.15) is 25.8 Å². The van der Waals surface area contributed by atoms with Gasteiger partial charge in [-0.3, -0.25) is 5.43 Å². The average Bonchev–Trinajstić information content (AvgIpc) is 2.41. The SMILES string of the molecule is CC/C(=N/NC(=S)N[C@H](C)COC)c1ccc(F)cc1. The highest BCUT2D eigenvalue weighted by Crippen LogP contribution is 2.06. The van der Waals surface area contributed by atoms with Crippen molar-refractivity contribution in [2.45, 2.75) is 26.3 Å². The first-order valence-electron chi connectivity index (χ1n) is 6.44. The van der Waals surface area contributed by atoms with Crippen molar-refractivity contribution in [3.63, 3.8) is 0 Å². The first-order chi connectivity index (χ1) is 9.56. The van der Waals surface area contributed by atoms with Crippen LogP contribution in [0.4, 0.5) is 4.39 Å². The van der Waals surface area contributed by atoms with Crippen LogP contribution in [0.5, 0.6) is 0 Å². The molecular formula is C14H20FN3OS. The van der Waals surface area contributed by atoms with Crippen molar-refractivity contribution in [1.29, 1.82) is 0 Å². The number of methoxy groups -OCH3 is 1. The molecule has 0 heterocycles. The van der Waals surface area contributed by atoms with Gasteiger partial charge in [-0.15, -0.1) is 0 Å². The van der Waals surface area contributed by atoms with Gasteiger partial charge >= 0.3 is 0 Å². The van der Waals surface area contributed by atoms with Gasteiger partial charge in [-0.05, 0) is 43.3 Å². The second-order valence-corrected chi connectivity index (χ2v) is 4.77. The summed E-state index contributed by atoms with van der Waals surface area (Å²) in [6.45, 7) is 4.50. The lowest BCUT2D eigenvalue weighted by Crippen LogP contribution is -2.40. The van der Waals surface area contributed by atoms with E-state index in [9.17, 15) is 4.39 Å². The number of hydrogen-bond donors (Lipinski definition) is 2. The molecule has 1 aromatic carbocycles. The number of thiocarbonyl (C=S) groups is 1. The zero-order chi connectivity index (χ0) is 15.0. The Morgan fingerprint density at radius 3 is 2.60 bits per heavy atom. The Morgan fingerprint density at radius 2 is 2.05 bits per heavy atom. The molecule has 0 amide bonds. The number of halogens is 1. The highest BCUT2D eigenvalue weighted by atomic mass is 32.1. The van der Waals surface area contributed by atoms with Gasteiger partial charge in [0.25, 0.3) is 0 Å². The predicted octanol–water partition coefficient (Wildman–Crippen LogP) is 2.44. The number of benzene rings is 1. The van der Waals surface area contributed by atoms with E-state index in [4.69, 9.17) is 17.0 Å². The van der Waals surface area contributed by atoms with Gasteiger partial charge in [-0.25, -0.2) is 4.39 Å². The summed E-state index contributed by atoms with van der Waals surface area (Å²) in [5.41, 5.74) is 4.48. The third-order valence-corrected chi connectivity index (χ3v) is 2.81. The molecule has 0 radical (unpaired) electrons. The van der Waals surface area contributed by atoms with Crippen LogP contribution in [-0.4, -0.2) is 30.6 Å². The third-order valence-electron chi connectivity index (χ3n) is 2.60. The summed E-state index contributed by atoms with van der Waals surface area (Å²) >= 11 is 5.14. The highest BCUT2D eigenvalue weighted by Gasteiger charge is 2.04. The number of rotatable bonds is 6. The Hall–Kier alpha value is -1.53. The van der Waals surface area contributed by atoms with Crippen LogP contribution < -0.4 is 10.7 Å². The summed E-state index contributed by atoms with van der Waals surface area (Å²) in [6, 6.07) is 6.33. The minimum atomic E-state index is -0.261. The van der Waals surface area contributed by atoms with Crippen LogP contribution in [0, 0.1) is 5.82 Å². The minimum absolute atomic E-state index is 0.103. The van der Waals surface area contributed by atoms with E-state index >= 15 is 0 Å². The lowest BCUT2D eigenvalue weighted by atomic mass is 10.1. The van der Waals surface area contributed by atoms with E-state index in [0.29, 0.717) is 11.7 Å². The normalized spacial score (nSPS) is 12.9. The molecule has 4 nitrogen and oxygen atoms in total. The summed E-state index contributed by atoms with van der Waals surface area (Å²) in [4.78, 5) is 0. The summed E-state index contributed by atoms with van der Waals surface area (Å²) in [6.07, 6.45) is 0.717. The minimum Gasteiger partial charge on any atom is -0.383 e. The van der Waals surface area contributed by atoms with Gasteiger partial charge in [0.15, 0.2) is 5.11 Å². The molecule has 0 spiro atoms. The second-order valence-electron chi connectivity index (χ2n) is 4.36. The van der Waals surface area contributed by atoms with Crippen molar-refractivity contribution in [3.8, 4) is 0 Å². The van der Waals surface area contributed by atoms with E-state index < -0.39 is 0 Å². The Morgan fingerprint density at radius 1 is 1.40 bits per heavy atom. The Bertz CT molecular complexity index is 462. The van der Waals surface area contributed by atoms with Crippen molar-refractivity contribution in [2.75, 3.05) is 13.7 Å². The molecule has 110 valence electrons. The van der Waals surface area contributed by atoms with Crippen LogP contribution in [0.25, 0.3) is 0 Å². The molecule has 0 aliphatic rings. The van der Waals surface area contributed by atoms with Gasteiger partial charge in [0.05, 0.1) is 12.3 Å². The van der Waals surface area contributed by atoms with Gasteiger partial charge < -0.3 is 10.1 Å². The first-order valence-corrected chi connectivity index (χ1v) is 6.85. The Labute approximate surface area is 124 Å². The number of ether oxygens (including phenoxy) is 1. The lowest BCUT2D eigenvalue weighted by molar-refractivity contribution is 0.179. The van der Waals surface area contributed by atoms with Crippen LogP contribution in [0.3, 0.4) is 0 Å². The smallest absolute Gasteiger partial charge is 0.187 e. The number of hydrogen-bond acceptors (Lipinski definition) is 3. The molecule has 1 atom stereocenters. The molecule has 0 aromatic heterocycles. The van der Waals surface area contributed by atoms with Crippen molar-refractivity contribution in [3.05, 3.63) is 35.6 Å². The molecule has 0 aliphatic carbocycles. The van der Waals surface area contributed by atoms with Gasteiger partial charge in [0.1, 0.15) is 5.82 Å². The number of hydrazone groups is 1. The van der Waals surface area contributed by atoms with Gasteiger partial charge in [-0.2, -0.15) is 5.10 Å². The van der Waals surface area contributed by atoms with E-state index in [1.54, 1.807) is 19.2 Å². The molecule has 0 bridgehead atoms. The summed E-state index contributed by atoms with van der Waals surface area (Å²) in [7, 11) is 1.64. The van der Waals surface area contributed by atoms with E-state index in [1.807, 2.05) is 13.8 Å².